The lowest BCUT2D eigenvalue weighted by Crippen LogP contribution is -2.38. The minimum absolute atomic E-state index is 0.118. The van der Waals surface area contributed by atoms with Crippen LogP contribution in [0.15, 0.2) is 6.07 Å². The first-order chi connectivity index (χ1) is 9.24. The van der Waals surface area contributed by atoms with Gasteiger partial charge in [-0.2, -0.15) is 0 Å². The number of hydrogen-bond donors (Lipinski definition) is 2. The maximum atomic E-state index is 9.55. The lowest BCUT2D eigenvalue weighted by atomic mass is 10.1. The molecule has 1 aromatic rings. The first-order valence-electron chi connectivity index (χ1n) is 6.74. The molecule has 106 valence electrons. The summed E-state index contributed by atoms with van der Waals surface area (Å²) in [6, 6.07) is 1.89. The molecule has 0 bridgehead atoms. The highest BCUT2D eigenvalue weighted by Gasteiger charge is 2.22. The fourth-order valence-electron chi connectivity index (χ4n) is 2.51. The van der Waals surface area contributed by atoms with Crippen molar-refractivity contribution in [1.82, 2.24) is 9.97 Å². The topological polar surface area (TPSA) is 84.5 Å². The summed E-state index contributed by atoms with van der Waals surface area (Å²) in [6.07, 6.45) is 4.44. The van der Waals surface area contributed by atoms with Crippen molar-refractivity contribution in [3.63, 3.8) is 0 Å². The standard InChI is InChI=1S/C13H22N4O2/c1-19-9-12-15-11(14)7-13(16-12)17-6-4-2-3-5-10(17)8-18/h7,10,18H,2-6,8-9H2,1H3,(H2,14,15,16). The van der Waals surface area contributed by atoms with Gasteiger partial charge in [0.2, 0.25) is 0 Å². The predicted molar refractivity (Wildman–Crippen MR) is 73.8 cm³/mol. The van der Waals surface area contributed by atoms with Crippen LogP contribution in [0.4, 0.5) is 11.6 Å². The van der Waals surface area contributed by atoms with E-state index in [-0.39, 0.29) is 12.6 Å². The van der Waals surface area contributed by atoms with Crippen LogP contribution in [0, 0.1) is 0 Å². The highest BCUT2D eigenvalue weighted by Crippen LogP contribution is 2.23. The molecule has 0 saturated carbocycles. The summed E-state index contributed by atoms with van der Waals surface area (Å²) < 4.78 is 5.05. The molecule has 0 amide bonds. The summed E-state index contributed by atoms with van der Waals surface area (Å²) in [5.74, 6) is 1.82. The van der Waals surface area contributed by atoms with E-state index in [0.29, 0.717) is 18.2 Å². The minimum Gasteiger partial charge on any atom is -0.394 e. The van der Waals surface area contributed by atoms with Gasteiger partial charge in [0.15, 0.2) is 5.82 Å². The summed E-state index contributed by atoms with van der Waals surface area (Å²) in [5.41, 5.74) is 5.83. The number of ether oxygens (including phenoxy) is 1. The van der Waals surface area contributed by atoms with Crippen molar-refractivity contribution in [3.05, 3.63) is 11.9 Å². The molecule has 1 aliphatic rings. The van der Waals surface area contributed by atoms with Gasteiger partial charge in [0, 0.05) is 19.7 Å². The second-order valence-electron chi connectivity index (χ2n) is 4.88. The molecule has 0 spiro atoms. The van der Waals surface area contributed by atoms with Crippen LogP contribution in [0.2, 0.25) is 0 Å². The van der Waals surface area contributed by atoms with Crippen molar-refractivity contribution < 1.29 is 9.84 Å². The van der Waals surface area contributed by atoms with Crippen LogP contribution < -0.4 is 10.6 Å². The summed E-state index contributed by atoms with van der Waals surface area (Å²) in [6.45, 7) is 1.38. The number of methoxy groups -OCH3 is 1. The number of aliphatic hydroxyl groups is 1. The highest BCUT2D eigenvalue weighted by atomic mass is 16.5. The van der Waals surface area contributed by atoms with Crippen LogP contribution in [-0.2, 0) is 11.3 Å². The van der Waals surface area contributed by atoms with Gasteiger partial charge in [0.25, 0.3) is 0 Å². The molecule has 1 aliphatic heterocycles. The van der Waals surface area contributed by atoms with E-state index < -0.39 is 0 Å². The Morgan fingerprint density at radius 2 is 2.26 bits per heavy atom. The Morgan fingerprint density at radius 3 is 3.00 bits per heavy atom. The Hall–Kier alpha value is -1.40. The van der Waals surface area contributed by atoms with Crippen LogP contribution in [0.25, 0.3) is 0 Å². The molecule has 0 aliphatic carbocycles. The second kappa shape index (κ2) is 6.68. The molecule has 6 heteroatoms. The third-order valence-corrected chi connectivity index (χ3v) is 3.43. The summed E-state index contributed by atoms with van der Waals surface area (Å²) in [4.78, 5) is 10.8. The number of aromatic nitrogens is 2. The zero-order valence-corrected chi connectivity index (χ0v) is 11.4. The third kappa shape index (κ3) is 3.54. The number of nitrogens with zero attached hydrogens (tertiary/aromatic N) is 3. The average molecular weight is 266 g/mol. The molecular formula is C13H22N4O2. The van der Waals surface area contributed by atoms with Crippen molar-refractivity contribution in [2.45, 2.75) is 38.3 Å². The van der Waals surface area contributed by atoms with Gasteiger partial charge in [-0.25, -0.2) is 9.97 Å². The van der Waals surface area contributed by atoms with E-state index in [2.05, 4.69) is 14.9 Å². The van der Waals surface area contributed by atoms with E-state index in [9.17, 15) is 5.11 Å². The van der Waals surface area contributed by atoms with E-state index in [0.717, 1.165) is 31.6 Å². The van der Waals surface area contributed by atoms with Gasteiger partial charge in [-0.15, -0.1) is 0 Å². The van der Waals surface area contributed by atoms with Crippen molar-refractivity contribution in [1.29, 1.82) is 0 Å². The Labute approximate surface area is 113 Å². The SMILES string of the molecule is COCc1nc(N)cc(N2CCCCCC2CO)n1. The molecule has 0 radical (unpaired) electrons. The number of nitrogens with two attached hydrogens (primary N) is 1. The molecule has 6 nitrogen and oxygen atoms in total. The molecule has 1 fully saturated rings. The molecule has 3 N–H and O–H groups in total. The lowest BCUT2D eigenvalue weighted by molar-refractivity contribution is 0.178. The normalized spacial score (nSPS) is 20.3. The molecule has 2 rings (SSSR count). The van der Waals surface area contributed by atoms with Crippen LogP contribution in [-0.4, -0.2) is 41.4 Å². The van der Waals surface area contributed by atoms with Crippen LogP contribution in [0.3, 0.4) is 0 Å². The number of rotatable bonds is 4. The first-order valence-corrected chi connectivity index (χ1v) is 6.74. The zero-order chi connectivity index (χ0) is 13.7. The average Bonchev–Trinajstić information content (AvgIpc) is 2.63. The summed E-state index contributed by atoms with van der Waals surface area (Å²) >= 11 is 0. The van der Waals surface area contributed by atoms with E-state index in [1.165, 1.54) is 6.42 Å². The number of anilines is 2. The van der Waals surface area contributed by atoms with Gasteiger partial charge in [-0.1, -0.05) is 12.8 Å². The Balaban J connectivity index is 2.26. The van der Waals surface area contributed by atoms with E-state index in [1.54, 1.807) is 13.2 Å². The molecule has 19 heavy (non-hydrogen) atoms. The zero-order valence-electron chi connectivity index (χ0n) is 11.4. The number of aliphatic hydroxyl groups excluding tert-OH is 1. The van der Waals surface area contributed by atoms with Crippen molar-refractivity contribution in [2.24, 2.45) is 0 Å². The lowest BCUT2D eigenvalue weighted by Gasteiger charge is -2.30. The summed E-state index contributed by atoms with van der Waals surface area (Å²) in [5, 5.41) is 9.55. The fourth-order valence-corrected chi connectivity index (χ4v) is 2.51. The maximum absolute atomic E-state index is 9.55. The predicted octanol–water partition coefficient (Wildman–Crippen LogP) is 0.947. The third-order valence-electron chi connectivity index (χ3n) is 3.43. The van der Waals surface area contributed by atoms with E-state index >= 15 is 0 Å². The van der Waals surface area contributed by atoms with Crippen molar-refractivity contribution in [3.8, 4) is 0 Å². The fraction of sp³-hybridized carbons (Fsp3) is 0.692. The van der Waals surface area contributed by atoms with Crippen molar-refractivity contribution >= 4 is 11.6 Å². The van der Waals surface area contributed by atoms with Gasteiger partial charge in [-0.05, 0) is 12.8 Å². The molecule has 1 unspecified atom stereocenters. The quantitative estimate of drug-likeness (QED) is 0.844. The van der Waals surface area contributed by atoms with Gasteiger partial charge in [0.05, 0.1) is 12.6 Å². The van der Waals surface area contributed by atoms with Crippen LogP contribution in [0.5, 0.6) is 0 Å². The van der Waals surface area contributed by atoms with Gasteiger partial charge < -0.3 is 20.5 Å². The smallest absolute Gasteiger partial charge is 0.158 e. The number of nitrogen functional groups attached to an aromatic ring is 1. The largest absolute Gasteiger partial charge is 0.394 e. The van der Waals surface area contributed by atoms with E-state index in [4.69, 9.17) is 10.5 Å². The Kier molecular flexibility index (Phi) is 4.93. The second-order valence-corrected chi connectivity index (χ2v) is 4.88. The van der Waals surface area contributed by atoms with Crippen LogP contribution >= 0.6 is 0 Å². The van der Waals surface area contributed by atoms with Gasteiger partial charge >= 0.3 is 0 Å². The molecule has 1 saturated heterocycles. The maximum Gasteiger partial charge on any atom is 0.158 e. The molecular weight excluding hydrogens is 244 g/mol. The Bertz CT molecular complexity index is 414. The van der Waals surface area contributed by atoms with Gasteiger partial charge in [0.1, 0.15) is 18.2 Å². The molecule has 0 aromatic carbocycles. The molecule has 1 atom stereocenters. The van der Waals surface area contributed by atoms with Crippen LogP contribution in [0.1, 0.15) is 31.5 Å². The minimum atomic E-state index is 0.118. The molecule has 1 aromatic heterocycles. The molecule has 2 heterocycles. The summed E-state index contributed by atoms with van der Waals surface area (Å²) in [7, 11) is 1.61. The number of hydrogen-bond acceptors (Lipinski definition) is 6. The first kappa shape index (κ1) is 14.0. The monoisotopic (exact) mass is 266 g/mol. The highest BCUT2D eigenvalue weighted by molar-refractivity contribution is 5.48. The van der Waals surface area contributed by atoms with Crippen molar-refractivity contribution in [2.75, 3.05) is 30.9 Å². The van der Waals surface area contributed by atoms with Gasteiger partial charge in [-0.3, -0.25) is 0 Å². The van der Waals surface area contributed by atoms with E-state index in [1.807, 2.05) is 0 Å². The Morgan fingerprint density at radius 1 is 1.42 bits per heavy atom.